The molecule has 0 bridgehead atoms. The Balaban J connectivity index is 2.18. The summed E-state index contributed by atoms with van der Waals surface area (Å²) in [5.41, 5.74) is -1.08. The van der Waals surface area contributed by atoms with Crippen molar-refractivity contribution in [2.24, 2.45) is 0 Å². The molecule has 3 rings (SSSR count). The summed E-state index contributed by atoms with van der Waals surface area (Å²) in [6.45, 7) is -0.554. The number of hydrogen-bond acceptors (Lipinski definition) is 6. The first-order valence-corrected chi connectivity index (χ1v) is 10.5. The lowest BCUT2D eigenvalue weighted by molar-refractivity contribution is -0.140. The number of H-pyrrole nitrogens is 1. The number of nitrogens with one attached hydrogen (secondary N) is 1. The van der Waals surface area contributed by atoms with Crippen molar-refractivity contribution in [3.63, 3.8) is 0 Å². The molecule has 0 saturated heterocycles. The molecule has 0 saturated carbocycles. The number of sulfone groups is 1. The lowest BCUT2D eigenvalue weighted by Gasteiger charge is -2.11. The molecule has 11 heteroatoms. The molecular weight excluding hydrogens is 435 g/mol. The van der Waals surface area contributed by atoms with Gasteiger partial charge in [0.1, 0.15) is 23.2 Å². The largest absolute Gasteiger partial charge is 0.495 e. The molecule has 7 nitrogen and oxygen atoms in total. The molecule has 0 fully saturated rings. The minimum absolute atomic E-state index is 0.0470. The second kappa shape index (κ2) is 8.41. The van der Waals surface area contributed by atoms with E-state index < -0.39 is 34.1 Å². The Kier molecular flexibility index (Phi) is 6.06. The number of aliphatic hydroxyl groups is 1. The highest BCUT2D eigenvalue weighted by molar-refractivity contribution is 7.91. The standard InChI is InChI=1S/C20H16F3N3O4S/c1-30-16-7-4-13(10-14(16)11-24)17-18(25-26-19(17)20(21,22)23)12-2-5-15(6-3-12)31(28,29)9-8-27/h2-7,10,27H,8-9H2,1H3,(H,25,26). The second-order valence-corrected chi connectivity index (χ2v) is 8.52. The number of hydrogen-bond donors (Lipinski definition) is 2. The highest BCUT2D eigenvalue weighted by Gasteiger charge is 2.38. The number of aromatic amines is 1. The van der Waals surface area contributed by atoms with Crippen molar-refractivity contribution in [3.8, 4) is 34.2 Å². The lowest BCUT2D eigenvalue weighted by atomic mass is 9.97. The molecule has 2 N–H and O–H groups in total. The van der Waals surface area contributed by atoms with Gasteiger partial charge in [-0.2, -0.15) is 23.5 Å². The fourth-order valence-electron chi connectivity index (χ4n) is 3.05. The molecule has 31 heavy (non-hydrogen) atoms. The Morgan fingerprint density at radius 3 is 2.35 bits per heavy atom. The van der Waals surface area contributed by atoms with Crippen LogP contribution in [0.4, 0.5) is 13.2 Å². The summed E-state index contributed by atoms with van der Waals surface area (Å²) in [4.78, 5) is -0.0744. The summed E-state index contributed by atoms with van der Waals surface area (Å²) >= 11 is 0. The van der Waals surface area contributed by atoms with Crippen LogP contribution >= 0.6 is 0 Å². The Hall–Kier alpha value is -3.36. The quantitative estimate of drug-likeness (QED) is 0.593. The van der Waals surface area contributed by atoms with E-state index in [4.69, 9.17) is 9.84 Å². The van der Waals surface area contributed by atoms with Gasteiger partial charge in [0, 0.05) is 11.1 Å². The van der Waals surface area contributed by atoms with E-state index in [1.165, 1.54) is 49.6 Å². The number of aliphatic hydroxyl groups excluding tert-OH is 1. The van der Waals surface area contributed by atoms with Crippen molar-refractivity contribution in [1.29, 1.82) is 5.26 Å². The molecule has 0 unspecified atom stereocenters. The second-order valence-electron chi connectivity index (χ2n) is 6.41. The average molecular weight is 451 g/mol. The molecule has 162 valence electrons. The van der Waals surface area contributed by atoms with Crippen LogP contribution in [0.25, 0.3) is 22.4 Å². The third-order valence-electron chi connectivity index (χ3n) is 4.51. The minimum atomic E-state index is -4.75. The van der Waals surface area contributed by atoms with Crippen molar-refractivity contribution in [3.05, 3.63) is 53.7 Å². The SMILES string of the molecule is COc1ccc(-c2c(-c3ccc(S(=O)(=O)CCO)cc3)n[nH]c2C(F)(F)F)cc1C#N. The van der Waals surface area contributed by atoms with Gasteiger partial charge in [-0.05, 0) is 29.8 Å². The van der Waals surface area contributed by atoms with E-state index in [0.717, 1.165) is 0 Å². The van der Waals surface area contributed by atoms with E-state index >= 15 is 0 Å². The molecule has 1 aromatic heterocycles. The minimum Gasteiger partial charge on any atom is -0.495 e. The molecule has 0 aliphatic carbocycles. The van der Waals surface area contributed by atoms with Crippen molar-refractivity contribution >= 4 is 9.84 Å². The monoisotopic (exact) mass is 451 g/mol. The van der Waals surface area contributed by atoms with Gasteiger partial charge in [0.05, 0.1) is 29.9 Å². The molecule has 3 aromatic rings. The Labute approximate surface area is 175 Å². The lowest BCUT2D eigenvalue weighted by Crippen LogP contribution is -2.09. The fraction of sp³-hybridized carbons (Fsp3) is 0.200. The van der Waals surface area contributed by atoms with E-state index in [2.05, 4.69) is 5.10 Å². The zero-order chi connectivity index (χ0) is 22.8. The number of halogens is 3. The fourth-order valence-corrected chi connectivity index (χ4v) is 4.07. The number of aromatic nitrogens is 2. The Morgan fingerprint density at radius 1 is 1.16 bits per heavy atom. The van der Waals surface area contributed by atoms with E-state index in [1.54, 1.807) is 0 Å². The summed E-state index contributed by atoms with van der Waals surface area (Å²) in [5.74, 6) is -0.260. The van der Waals surface area contributed by atoms with Crippen LogP contribution in [0.5, 0.6) is 5.75 Å². The van der Waals surface area contributed by atoms with E-state index in [9.17, 15) is 26.9 Å². The average Bonchev–Trinajstić information content (AvgIpc) is 3.19. The van der Waals surface area contributed by atoms with Crippen molar-refractivity contribution in [2.75, 3.05) is 19.5 Å². The third-order valence-corrected chi connectivity index (χ3v) is 6.22. The molecule has 2 aromatic carbocycles. The van der Waals surface area contributed by atoms with Crippen LogP contribution < -0.4 is 4.74 Å². The smallest absolute Gasteiger partial charge is 0.433 e. The third kappa shape index (κ3) is 4.40. The van der Waals surface area contributed by atoms with Crippen LogP contribution in [0.1, 0.15) is 11.3 Å². The van der Waals surface area contributed by atoms with Crippen molar-refractivity contribution in [1.82, 2.24) is 10.2 Å². The maximum Gasteiger partial charge on any atom is 0.433 e. The van der Waals surface area contributed by atoms with Gasteiger partial charge in [-0.3, -0.25) is 5.10 Å². The molecule has 0 spiro atoms. The predicted molar refractivity (Wildman–Crippen MR) is 105 cm³/mol. The zero-order valence-electron chi connectivity index (χ0n) is 16.1. The Bertz CT molecular complexity index is 1240. The normalized spacial score (nSPS) is 11.9. The maximum absolute atomic E-state index is 13.6. The van der Waals surface area contributed by atoms with Crippen molar-refractivity contribution in [2.45, 2.75) is 11.1 Å². The number of nitrogens with zero attached hydrogens (tertiary/aromatic N) is 2. The highest BCUT2D eigenvalue weighted by Crippen LogP contribution is 2.42. The maximum atomic E-state index is 13.6. The summed E-state index contributed by atoms with van der Waals surface area (Å²) in [7, 11) is -2.37. The van der Waals surface area contributed by atoms with Crippen molar-refractivity contribution < 1.29 is 31.4 Å². The summed E-state index contributed by atoms with van der Waals surface area (Å²) < 4.78 is 70.1. The van der Waals surface area contributed by atoms with Crippen LogP contribution in [0, 0.1) is 11.3 Å². The topological polar surface area (TPSA) is 116 Å². The first-order valence-electron chi connectivity index (χ1n) is 8.80. The van der Waals surface area contributed by atoms with E-state index in [0.29, 0.717) is 0 Å². The van der Waals surface area contributed by atoms with Gasteiger partial charge in [-0.1, -0.05) is 18.2 Å². The molecule has 0 amide bonds. The van der Waals surface area contributed by atoms with Gasteiger partial charge >= 0.3 is 6.18 Å². The molecule has 0 atom stereocenters. The number of benzene rings is 2. The van der Waals surface area contributed by atoms with Gasteiger partial charge in [0.2, 0.25) is 0 Å². The van der Waals surface area contributed by atoms with Gasteiger partial charge in [0.15, 0.2) is 9.84 Å². The molecule has 0 aliphatic heterocycles. The first-order chi connectivity index (χ1) is 14.6. The number of ether oxygens (including phenoxy) is 1. The Morgan fingerprint density at radius 2 is 1.81 bits per heavy atom. The van der Waals surface area contributed by atoms with Crippen LogP contribution in [-0.4, -0.2) is 43.2 Å². The number of rotatable bonds is 6. The highest BCUT2D eigenvalue weighted by atomic mass is 32.2. The molecule has 1 heterocycles. The zero-order valence-corrected chi connectivity index (χ0v) is 16.9. The van der Waals surface area contributed by atoms with Crippen LogP contribution in [-0.2, 0) is 16.0 Å². The molecule has 0 aliphatic rings. The summed E-state index contributed by atoms with van der Waals surface area (Å²) in [5, 5.41) is 24.0. The van der Waals surface area contributed by atoms with E-state index in [1.807, 2.05) is 11.2 Å². The van der Waals surface area contributed by atoms with Gasteiger partial charge in [-0.15, -0.1) is 0 Å². The number of methoxy groups -OCH3 is 1. The molecule has 0 radical (unpaired) electrons. The van der Waals surface area contributed by atoms with Crippen LogP contribution in [0.15, 0.2) is 47.4 Å². The van der Waals surface area contributed by atoms with Crippen LogP contribution in [0.3, 0.4) is 0 Å². The van der Waals surface area contributed by atoms with Gasteiger partial charge in [-0.25, -0.2) is 8.42 Å². The first kappa shape index (κ1) is 22.3. The number of nitriles is 1. The molecular formula is C20H16F3N3O4S. The van der Waals surface area contributed by atoms with E-state index in [-0.39, 0.29) is 38.6 Å². The summed E-state index contributed by atoms with van der Waals surface area (Å²) in [6, 6.07) is 11.0. The van der Waals surface area contributed by atoms with Gasteiger partial charge in [0.25, 0.3) is 0 Å². The van der Waals surface area contributed by atoms with Gasteiger partial charge < -0.3 is 9.84 Å². The number of alkyl halides is 3. The van der Waals surface area contributed by atoms with Crippen LogP contribution in [0.2, 0.25) is 0 Å². The predicted octanol–water partition coefficient (Wildman–Crippen LogP) is 3.41. The summed E-state index contributed by atoms with van der Waals surface area (Å²) in [6.07, 6.45) is -4.75.